The van der Waals surface area contributed by atoms with E-state index in [-0.39, 0.29) is 29.4 Å². The number of hydrogen-bond acceptors (Lipinski definition) is 8. The summed E-state index contributed by atoms with van der Waals surface area (Å²) in [4.78, 5) is 27.6. The molecule has 2 N–H and O–H groups in total. The van der Waals surface area contributed by atoms with Gasteiger partial charge in [-0.2, -0.15) is 0 Å². The molecular weight excluding hydrogens is 442 g/mol. The highest BCUT2D eigenvalue weighted by atomic mass is 16.6. The maximum absolute atomic E-state index is 13.1. The molecule has 0 spiro atoms. The molecule has 4 rings (SSSR count). The summed E-state index contributed by atoms with van der Waals surface area (Å²) >= 11 is 0. The number of amides is 1. The number of aromatic hydroxyl groups is 1. The first kappa shape index (κ1) is 23.4. The molecule has 2 aromatic carbocycles. The molecule has 0 aromatic heterocycles. The van der Waals surface area contributed by atoms with Crippen LogP contribution < -0.4 is 14.2 Å². The zero-order chi connectivity index (χ0) is 24.2. The predicted molar refractivity (Wildman–Crippen MR) is 122 cm³/mol. The molecular formula is C25H27NO8. The van der Waals surface area contributed by atoms with Crippen LogP contribution in [0.25, 0.3) is 5.76 Å². The van der Waals surface area contributed by atoms with Crippen LogP contribution in [0, 0.1) is 0 Å². The lowest BCUT2D eigenvalue weighted by Crippen LogP contribution is -2.31. The minimum Gasteiger partial charge on any atom is -0.507 e. The van der Waals surface area contributed by atoms with Gasteiger partial charge in [0, 0.05) is 25.8 Å². The van der Waals surface area contributed by atoms with Gasteiger partial charge in [-0.05, 0) is 49.2 Å². The average Bonchev–Trinajstić information content (AvgIpc) is 3.10. The minimum absolute atomic E-state index is 0.0489. The first-order chi connectivity index (χ1) is 16.5. The maximum atomic E-state index is 13.1. The molecule has 2 aliphatic heterocycles. The summed E-state index contributed by atoms with van der Waals surface area (Å²) in [5.41, 5.74) is 0.803. The second-order valence-corrected chi connectivity index (χ2v) is 7.86. The molecule has 0 aliphatic carbocycles. The fraction of sp³-hybridized carbons (Fsp3) is 0.360. The van der Waals surface area contributed by atoms with E-state index in [0.717, 1.165) is 0 Å². The summed E-state index contributed by atoms with van der Waals surface area (Å²) in [5.74, 6) is -0.674. The Morgan fingerprint density at radius 1 is 1.12 bits per heavy atom. The van der Waals surface area contributed by atoms with Crippen LogP contribution in [-0.4, -0.2) is 66.9 Å². The van der Waals surface area contributed by atoms with Crippen molar-refractivity contribution >= 4 is 17.4 Å². The number of phenols is 1. The summed E-state index contributed by atoms with van der Waals surface area (Å²) in [6.07, 6.45) is 0.500. The number of benzene rings is 2. The second-order valence-electron chi connectivity index (χ2n) is 7.86. The van der Waals surface area contributed by atoms with Crippen molar-refractivity contribution in [3.8, 4) is 23.0 Å². The normalized spacial score (nSPS) is 18.9. The Hall–Kier alpha value is -3.72. The number of fused-ring (bicyclic) bond motifs is 1. The Balaban J connectivity index is 1.82. The first-order valence-corrected chi connectivity index (χ1v) is 11.1. The molecule has 2 aromatic rings. The van der Waals surface area contributed by atoms with Crippen molar-refractivity contribution in [1.29, 1.82) is 0 Å². The van der Waals surface area contributed by atoms with Gasteiger partial charge in [0.2, 0.25) is 0 Å². The standard InChI is InChI=1S/C25H27NO8/c1-3-32-19-13-15(5-7-17(19)27)22-21(24(29)25(30)26(22)9-4-10-31-2)23(28)16-6-8-18-20(14-16)34-12-11-33-18/h5-8,13-14,22,27-28H,3-4,9-12H2,1-2H3. The van der Waals surface area contributed by atoms with E-state index in [0.29, 0.717) is 55.5 Å². The number of ether oxygens (including phenoxy) is 4. The lowest BCUT2D eigenvalue weighted by Gasteiger charge is -2.26. The molecule has 1 amide bonds. The number of likely N-dealkylation sites (tertiary alicyclic amines) is 1. The lowest BCUT2D eigenvalue weighted by molar-refractivity contribution is -0.140. The Bertz CT molecular complexity index is 1130. The molecule has 0 bridgehead atoms. The highest BCUT2D eigenvalue weighted by Crippen LogP contribution is 2.43. The van der Waals surface area contributed by atoms with Crippen LogP contribution in [0.5, 0.6) is 23.0 Å². The number of phenolic OH excluding ortho intramolecular Hbond substituents is 1. The Kier molecular flexibility index (Phi) is 6.93. The van der Waals surface area contributed by atoms with Crippen LogP contribution in [-0.2, 0) is 14.3 Å². The highest BCUT2D eigenvalue weighted by molar-refractivity contribution is 6.46. The van der Waals surface area contributed by atoms with Gasteiger partial charge in [0.25, 0.3) is 11.7 Å². The van der Waals surface area contributed by atoms with Crippen molar-refractivity contribution in [2.75, 3.05) is 40.1 Å². The van der Waals surface area contributed by atoms with Gasteiger partial charge < -0.3 is 34.1 Å². The van der Waals surface area contributed by atoms with Gasteiger partial charge in [0.1, 0.15) is 19.0 Å². The number of Topliss-reactive ketones (excluding diaryl/α,β-unsaturated/α-hetero) is 1. The molecule has 1 unspecified atom stereocenters. The Morgan fingerprint density at radius 3 is 2.62 bits per heavy atom. The smallest absolute Gasteiger partial charge is 0.295 e. The lowest BCUT2D eigenvalue weighted by atomic mass is 9.94. The van der Waals surface area contributed by atoms with Gasteiger partial charge in [-0.25, -0.2) is 0 Å². The third-order valence-corrected chi connectivity index (χ3v) is 5.70. The topological polar surface area (TPSA) is 115 Å². The van der Waals surface area contributed by atoms with Gasteiger partial charge in [-0.3, -0.25) is 9.59 Å². The second kappa shape index (κ2) is 10.0. The SMILES string of the molecule is CCOc1cc(C2C(=C(O)c3ccc4c(c3)OCCO4)C(=O)C(=O)N2CCCOC)ccc1O. The van der Waals surface area contributed by atoms with Crippen molar-refractivity contribution < 1.29 is 38.7 Å². The number of ketones is 1. The predicted octanol–water partition coefficient (Wildman–Crippen LogP) is 3.02. The average molecular weight is 469 g/mol. The van der Waals surface area contributed by atoms with Gasteiger partial charge in [0.05, 0.1) is 18.2 Å². The molecule has 34 heavy (non-hydrogen) atoms. The van der Waals surface area contributed by atoms with E-state index in [9.17, 15) is 19.8 Å². The molecule has 180 valence electrons. The van der Waals surface area contributed by atoms with E-state index < -0.39 is 17.7 Å². The van der Waals surface area contributed by atoms with Crippen LogP contribution in [0.2, 0.25) is 0 Å². The third kappa shape index (κ3) is 4.38. The van der Waals surface area contributed by atoms with Gasteiger partial charge in [0.15, 0.2) is 23.0 Å². The van der Waals surface area contributed by atoms with E-state index >= 15 is 0 Å². The van der Waals surface area contributed by atoms with Crippen LogP contribution in [0.3, 0.4) is 0 Å². The van der Waals surface area contributed by atoms with Gasteiger partial charge in [-0.15, -0.1) is 0 Å². The van der Waals surface area contributed by atoms with E-state index in [2.05, 4.69) is 0 Å². The fourth-order valence-electron chi connectivity index (χ4n) is 4.15. The number of aliphatic hydroxyl groups is 1. The highest BCUT2D eigenvalue weighted by Gasteiger charge is 2.46. The van der Waals surface area contributed by atoms with Crippen LogP contribution in [0.1, 0.15) is 30.5 Å². The van der Waals surface area contributed by atoms with Crippen molar-refractivity contribution in [2.24, 2.45) is 0 Å². The fourth-order valence-corrected chi connectivity index (χ4v) is 4.15. The number of aliphatic hydroxyl groups excluding tert-OH is 1. The van der Waals surface area contributed by atoms with Crippen LogP contribution in [0.4, 0.5) is 0 Å². The van der Waals surface area contributed by atoms with Gasteiger partial charge >= 0.3 is 0 Å². The molecule has 0 radical (unpaired) electrons. The quantitative estimate of drug-likeness (QED) is 0.262. The minimum atomic E-state index is -0.870. The molecule has 1 fully saturated rings. The van der Waals surface area contributed by atoms with Gasteiger partial charge in [-0.1, -0.05) is 6.07 Å². The molecule has 9 nitrogen and oxygen atoms in total. The third-order valence-electron chi connectivity index (χ3n) is 5.70. The largest absolute Gasteiger partial charge is 0.507 e. The Morgan fingerprint density at radius 2 is 1.88 bits per heavy atom. The number of rotatable bonds is 8. The first-order valence-electron chi connectivity index (χ1n) is 11.1. The monoisotopic (exact) mass is 469 g/mol. The van der Waals surface area contributed by atoms with Crippen molar-refractivity contribution in [2.45, 2.75) is 19.4 Å². The summed E-state index contributed by atoms with van der Waals surface area (Å²) < 4.78 is 21.7. The summed E-state index contributed by atoms with van der Waals surface area (Å²) in [7, 11) is 1.56. The Labute approximate surface area is 197 Å². The van der Waals surface area contributed by atoms with E-state index in [1.165, 1.54) is 11.0 Å². The van der Waals surface area contributed by atoms with Crippen LogP contribution in [0.15, 0.2) is 42.0 Å². The van der Waals surface area contributed by atoms with Crippen molar-refractivity contribution in [1.82, 2.24) is 4.90 Å². The molecule has 2 aliphatic rings. The molecule has 1 saturated heterocycles. The van der Waals surface area contributed by atoms with Crippen molar-refractivity contribution in [3.05, 3.63) is 53.1 Å². The molecule has 2 heterocycles. The zero-order valence-corrected chi connectivity index (χ0v) is 19.1. The summed E-state index contributed by atoms with van der Waals surface area (Å²) in [5, 5.41) is 21.4. The zero-order valence-electron chi connectivity index (χ0n) is 19.1. The molecule has 9 heteroatoms. The van der Waals surface area contributed by atoms with E-state index in [1.54, 1.807) is 44.4 Å². The van der Waals surface area contributed by atoms with E-state index in [1.807, 2.05) is 0 Å². The summed E-state index contributed by atoms with van der Waals surface area (Å²) in [6, 6.07) is 8.61. The van der Waals surface area contributed by atoms with Crippen LogP contribution >= 0.6 is 0 Å². The maximum Gasteiger partial charge on any atom is 0.295 e. The van der Waals surface area contributed by atoms with E-state index in [4.69, 9.17) is 18.9 Å². The molecule has 0 saturated carbocycles. The number of methoxy groups -OCH3 is 1. The summed E-state index contributed by atoms with van der Waals surface area (Å²) in [6.45, 7) is 3.54. The number of hydrogen-bond donors (Lipinski definition) is 2. The van der Waals surface area contributed by atoms with Crippen molar-refractivity contribution in [3.63, 3.8) is 0 Å². The number of carbonyl (C=O) groups excluding carboxylic acids is 2. The number of carbonyl (C=O) groups is 2. The number of nitrogens with zero attached hydrogens (tertiary/aromatic N) is 1. The molecule has 1 atom stereocenters.